The summed E-state index contributed by atoms with van der Waals surface area (Å²) in [6.45, 7) is 3.59. The summed E-state index contributed by atoms with van der Waals surface area (Å²) in [5, 5.41) is 10.7. The zero-order valence-corrected chi connectivity index (χ0v) is 8.44. The Morgan fingerprint density at radius 1 is 1.33 bits per heavy atom. The number of carboxylic acids is 1. The van der Waals surface area contributed by atoms with Gasteiger partial charge >= 0.3 is 0 Å². The smallest absolute Gasteiger partial charge is 0.0729 e. The van der Waals surface area contributed by atoms with Gasteiger partial charge in [-0.25, -0.2) is 0 Å². The molecular formula is C9H8BrO2-. The van der Waals surface area contributed by atoms with E-state index >= 15 is 0 Å². The van der Waals surface area contributed by atoms with Crippen molar-refractivity contribution in [1.82, 2.24) is 0 Å². The van der Waals surface area contributed by atoms with Crippen LogP contribution in [0.15, 0.2) is 16.6 Å². The maximum atomic E-state index is 10.7. The second-order valence-electron chi connectivity index (χ2n) is 2.68. The van der Waals surface area contributed by atoms with Gasteiger partial charge in [-0.15, -0.1) is 0 Å². The molecule has 0 N–H and O–H groups in total. The van der Waals surface area contributed by atoms with Crippen molar-refractivity contribution in [3.8, 4) is 0 Å². The molecule has 0 radical (unpaired) electrons. The molecule has 0 spiro atoms. The molecule has 0 heterocycles. The van der Waals surface area contributed by atoms with Crippen LogP contribution in [0.25, 0.3) is 0 Å². The summed E-state index contributed by atoms with van der Waals surface area (Å²) in [5.74, 6) is -1.14. The van der Waals surface area contributed by atoms with Gasteiger partial charge in [0.15, 0.2) is 0 Å². The highest BCUT2D eigenvalue weighted by atomic mass is 79.9. The fourth-order valence-electron chi connectivity index (χ4n) is 1.03. The molecule has 1 aromatic carbocycles. The van der Waals surface area contributed by atoms with Crippen molar-refractivity contribution in [3.63, 3.8) is 0 Å². The van der Waals surface area contributed by atoms with Crippen LogP contribution in [0.4, 0.5) is 0 Å². The highest BCUT2D eigenvalue weighted by molar-refractivity contribution is 9.10. The monoisotopic (exact) mass is 227 g/mol. The molecule has 0 unspecified atom stereocenters. The van der Waals surface area contributed by atoms with E-state index in [1.54, 1.807) is 13.0 Å². The standard InChI is InChI=1S/C9H9BrO2/c1-5-3-4-6(2)8(10)7(5)9(11)12/h3-4H,1-2H3,(H,11,12)/p-1. The van der Waals surface area contributed by atoms with E-state index in [-0.39, 0.29) is 5.56 Å². The molecule has 0 aliphatic rings. The van der Waals surface area contributed by atoms with E-state index in [1.807, 2.05) is 13.0 Å². The fraction of sp³-hybridized carbons (Fsp3) is 0.222. The maximum absolute atomic E-state index is 10.7. The largest absolute Gasteiger partial charge is 0.545 e. The van der Waals surface area contributed by atoms with Crippen LogP contribution in [-0.4, -0.2) is 5.97 Å². The Morgan fingerprint density at radius 3 is 2.25 bits per heavy atom. The topological polar surface area (TPSA) is 40.1 Å². The molecule has 0 aromatic heterocycles. The normalized spacial score (nSPS) is 9.92. The molecule has 0 fully saturated rings. The number of carbonyl (C=O) groups excluding carboxylic acids is 1. The van der Waals surface area contributed by atoms with Crippen LogP contribution in [0.1, 0.15) is 21.5 Å². The molecule has 2 nitrogen and oxygen atoms in total. The molecule has 1 aromatic rings. The first-order valence-electron chi connectivity index (χ1n) is 3.51. The number of carbonyl (C=O) groups is 1. The van der Waals surface area contributed by atoms with Crippen LogP contribution in [0.2, 0.25) is 0 Å². The molecule has 12 heavy (non-hydrogen) atoms. The minimum atomic E-state index is -1.14. The number of benzene rings is 1. The van der Waals surface area contributed by atoms with Crippen molar-refractivity contribution in [2.24, 2.45) is 0 Å². The lowest BCUT2D eigenvalue weighted by Gasteiger charge is -2.10. The van der Waals surface area contributed by atoms with E-state index in [0.29, 0.717) is 10.0 Å². The molecular weight excluding hydrogens is 220 g/mol. The van der Waals surface area contributed by atoms with Crippen molar-refractivity contribution in [2.75, 3.05) is 0 Å². The zero-order chi connectivity index (χ0) is 9.30. The number of carboxylic acid groups (broad SMARTS) is 1. The van der Waals surface area contributed by atoms with E-state index in [2.05, 4.69) is 15.9 Å². The fourth-order valence-corrected chi connectivity index (χ4v) is 1.63. The molecule has 0 saturated carbocycles. The number of hydrogen-bond acceptors (Lipinski definition) is 2. The molecule has 0 aliphatic carbocycles. The van der Waals surface area contributed by atoms with Crippen LogP contribution in [0, 0.1) is 13.8 Å². The molecule has 64 valence electrons. The molecule has 0 saturated heterocycles. The number of halogens is 1. The van der Waals surface area contributed by atoms with E-state index < -0.39 is 5.97 Å². The predicted molar refractivity (Wildman–Crippen MR) is 47.9 cm³/mol. The van der Waals surface area contributed by atoms with E-state index in [1.165, 1.54) is 0 Å². The van der Waals surface area contributed by atoms with Crippen LogP contribution < -0.4 is 5.11 Å². The van der Waals surface area contributed by atoms with E-state index in [9.17, 15) is 9.90 Å². The number of aromatic carboxylic acids is 1. The average Bonchev–Trinajstić information content (AvgIpc) is 1.97. The quantitative estimate of drug-likeness (QED) is 0.729. The molecule has 0 amide bonds. The lowest BCUT2D eigenvalue weighted by atomic mass is 10.1. The van der Waals surface area contributed by atoms with Gasteiger partial charge in [0.25, 0.3) is 0 Å². The Hall–Kier alpha value is -0.830. The van der Waals surface area contributed by atoms with E-state index in [0.717, 1.165) is 5.56 Å². The summed E-state index contributed by atoms with van der Waals surface area (Å²) < 4.78 is 0.613. The van der Waals surface area contributed by atoms with Crippen molar-refractivity contribution in [2.45, 2.75) is 13.8 Å². The highest BCUT2D eigenvalue weighted by Gasteiger charge is 2.06. The summed E-state index contributed by atoms with van der Waals surface area (Å²) in [7, 11) is 0. The van der Waals surface area contributed by atoms with Crippen molar-refractivity contribution in [1.29, 1.82) is 0 Å². The number of rotatable bonds is 1. The van der Waals surface area contributed by atoms with Crippen LogP contribution >= 0.6 is 15.9 Å². The number of aryl methyl sites for hydroxylation is 2. The van der Waals surface area contributed by atoms with Gasteiger partial charge in [0, 0.05) is 10.0 Å². The third-order valence-corrected chi connectivity index (χ3v) is 2.77. The number of hydrogen-bond donors (Lipinski definition) is 0. The third kappa shape index (κ3) is 1.50. The summed E-state index contributed by atoms with van der Waals surface area (Å²) in [5.41, 5.74) is 1.86. The first-order chi connectivity index (χ1) is 5.54. The Morgan fingerprint density at radius 2 is 1.83 bits per heavy atom. The second kappa shape index (κ2) is 3.27. The first kappa shape index (κ1) is 9.26. The molecule has 0 aliphatic heterocycles. The second-order valence-corrected chi connectivity index (χ2v) is 3.47. The Bertz CT molecular complexity index is 332. The SMILES string of the molecule is Cc1ccc(C)c(C(=O)[O-])c1Br. The summed E-state index contributed by atoms with van der Waals surface area (Å²) in [4.78, 5) is 10.7. The van der Waals surface area contributed by atoms with Gasteiger partial charge in [0.2, 0.25) is 0 Å². The van der Waals surface area contributed by atoms with Gasteiger partial charge in [0.1, 0.15) is 0 Å². The third-order valence-electron chi connectivity index (χ3n) is 1.75. The summed E-state index contributed by atoms with van der Waals surface area (Å²) >= 11 is 3.21. The van der Waals surface area contributed by atoms with Crippen LogP contribution in [0.5, 0.6) is 0 Å². The van der Waals surface area contributed by atoms with E-state index in [4.69, 9.17) is 0 Å². The maximum Gasteiger partial charge on any atom is 0.0729 e. The van der Waals surface area contributed by atoms with Gasteiger partial charge in [0.05, 0.1) is 5.97 Å². The van der Waals surface area contributed by atoms with Crippen molar-refractivity contribution in [3.05, 3.63) is 33.3 Å². The molecule has 1 rings (SSSR count). The molecule has 0 bridgehead atoms. The Labute approximate surface area is 79.3 Å². The zero-order valence-electron chi connectivity index (χ0n) is 6.85. The van der Waals surface area contributed by atoms with Gasteiger partial charge < -0.3 is 9.90 Å². The predicted octanol–water partition coefficient (Wildman–Crippen LogP) is 1.43. The van der Waals surface area contributed by atoms with Gasteiger partial charge in [-0.2, -0.15) is 0 Å². The first-order valence-corrected chi connectivity index (χ1v) is 4.30. The van der Waals surface area contributed by atoms with Crippen LogP contribution in [0.3, 0.4) is 0 Å². The minimum Gasteiger partial charge on any atom is -0.545 e. The highest BCUT2D eigenvalue weighted by Crippen LogP contribution is 2.23. The Balaban J connectivity index is 3.43. The molecule has 3 heteroatoms. The summed E-state index contributed by atoms with van der Waals surface area (Å²) in [6, 6.07) is 3.64. The van der Waals surface area contributed by atoms with Gasteiger partial charge in [-0.1, -0.05) is 12.1 Å². The molecule has 0 atom stereocenters. The lowest BCUT2D eigenvalue weighted by Crippen LogP contribution is -2.24. The Kier molecular flexibility index (Phi) is 2.52. The van der Waals surface area contributed by atoms with Crippen molar-refractivity contribution < 1.29 is 9.90 Å². The lowest BCUT2D eigenvalue weighted by molar-refractivity contribution is -0.255. The minimum absolute atomic E-state index is 0.245. The summed E-state index contributed by atoms with van der Waals surface area (Å²) in [6.07, 6.45) is 0. The van der Waals surface area contributed by atoms with Gasteiger partial charge in [-0.05, 0) is 40.9 Å². The average molecular weight is 228 g/mol. The van der Waals surface area contributed by atoms with Crippen LogP contribution in [-0.2, 0) is 0 Å². The van der Waals surface area contributed by atoms with Crippen molar-refractivity contribution >= 4 is 21.9 Å². The van der Waals surface area contributed by atoms with Gasteiger partial charge in [-0.3, -0.25) is 0 Å².